The van der Waals surface area contributed by atoms with Crippen molar-refractivity contribution in [3.8, 4) is 0 Å². The van der Waals surface area contributed by atoms with E-state index in [4.69, 9.17) is 14.2 Å². The second kappa shape index (κ2) is 9.42. The molecule has 1 aromatic rings. The van der Waals surface area contributed by atoms with Crippen LogP contribution >= 0.6 is 0 Å². The molecule has 186 valence electrons. The van der Waals surface area contributed by atoms with Crippen molar-refractivity contribution < 1.29 is 34.6 Å². The van der Waals surface area contributed by atoms with Crippen LogP contribution in [0.5, 0.6) is 0 Å². The Morgan fingerprint density at radius 1 is 1.06 bits per heavy atom. The first kappa shape index (κ1) is 24.9. The molecule has 33 heavy (non-hydrogen) atoms. The van der Waals surface area contributed by atoms with Crippen molar-refractivity contribution in [1.82, 2.24) is 20.9 Å². The molecule has 3 heterocycles. The van der Waals surface area contributed by atoms with E-state index in [9.17, 15) is 20.4 Å². The highest BCUT2D eigenvalue weighted by molar-refractivity contribution is 5.13. The van der Waals surface area contributed by atoms with Crippen molar-refractivity contribution in [2.24, 2.45) is 0 Å². The number of aliphatic hydroxyl groups excluding tert-OH is 2. The molecule has 0 amide bonds. The zero-order valence-electron chi connectivity index (χ0n) is 19.4. The number of ether oxygens (including phenoxy) is 3. The Hall–Kier alpha value is -1.25. The number of aromatic nitrogens is 1. The summed E-state index contributed by atoms with van der Waals surface area (Å²) in [5, 5.41) is 53.9. The summed E-state index contributed by atoms with van der Waals surface area (Å²) < 4.78 is 17.9. The molecule has 1 unspecified atom stereocenters. The second-order valence-electron chi connectivity index (χ2n) is 9.38. The molecule has 2 aliphatic heterocycles. The predicted octanol–water partition coefficient (Wildman–Crippen LogP) is -2.27. The molecule has 10 atom stereocenters. The Bertz CT molecular complexity index is 834. The number of fused-ring (bicyclic) bond motifs is 2. The van der Waals surface area contributed by atoms with Gasteiger partial charge in [0.25, 0.3) is 0 Å². The average Bonchev–Trinajstić information content (AvgIpc) is 2.75. The van der Waals surface area contributed by atoms with Crippen LogP contribution in [0, 0.1) is 6.92 Å². The number of aryl methyl sites for hydroxylation is 1. The van der Waals surface area contributed by atoms with E-state index in [-0.39, 0.29) is 13.0 Å². The van der Waals surface area contributed by atoms with Crippen LogP contribution in [-0.2, 0) is 20.8 Å². The molecule has 0 bridgehead atoms. The average molecular weight is 469 g/mol. The fourth-order valence-corrected chi connectivity index (χ4v) is 5.32. The fraction of sp³-hybridized carbons (Fsp3) is 0.773. The summed E-state index contributed by atoms with van der Waals surface area (Å²) in [5.41, 5.74) is -0.0816. The van der Waals surface area contributed by atoms with Gasteiger partial charge in [-0.15, -0.1) is 0 Å². The molecule has 0 aromatic carbocycles. The highest BCUT2D eigenvalue weighted by Crippen LogP contribution is 2.46. The van der Waals surface area contributed by atoms with Gasteiger partial charge in [0.1, 0.15) is 23.9 Å². The summed E-state index contributed by atoms with van der Waals surface area (Å²) in [6.45, 7) is 4.04. The van der Waals surface area contributed by atoms with E-state index in [2.05, 4.69) is 20.9 Å². The molecule has 2 saturated heterocycles. The Morgan fingerprint density at radius 2 is 1.79 bits per heavy atom. The van der Waals surface area contributed by atoms with Gasteiger partial charge in [-0.25, -0.2) is 0 Å². The molecule has 3 aliphatic rings. The number of pyridine rings is 1. The summed E-state index contributed by atoms with van der Waals surface area (Å²) >= 11 is 0. The lowest BCUT2D eigenvalue weighted by molar-refractivity contribution is -0.482. The molecule has 0 radical (unpaired) electrons. The van der Waals surface area contributed by atoms with Gasteiger partial charge in [0.15, 0.2) is 0 Å². The molecule has 4 rings (SSSR count). The highest BCUT2D eigenvalue weighted by Gasteiger charge is 2.68. The predicted molar refractivity (Wildman–Crippen MR) is 117 cm³/mol. The SMILES string of the molecule is CN[C@@H]1[C@H](O)[C@H](NC)[C@H]2O[C@]3(O)[C@H](OC2[C@H]1O)O[C@H](C)C[C@@]3(O)CNCc1cccc(C)n1. The number of hydrogen-bond acceptors (Lipinski definition) is 11. The minimum Gasteiger partial charge on any atom is -0.390 e. The number of hydrogen-bond donors (Lipinski definition) is 7. The maximum Gasteiger partial charge on any atom is 0.249 e. The van der Waals surface area contributed by atoms with Gasteiger partial charge in [-0.3, -0.25) is 4.98 Å². The molecule has 11 nitrogen and oxygen atoms in total. The van der Waals surface area contributed by atoms with Gasteiger partial charge in [0, 0.05) is 25.2 Å². The topological polar surface area (TPSA) is 158 Å². The third-order valence-corrected chi connectivity index (χ3v) is 7.02. The van der Waals surface area contributed by atoms with E-state index >= 15 is 0 Å². The number of aliphatic hydroxyl groups is 4. The smallest absolute Gasteiger partial charge is 0.249 e. The zero-order chi connectivity index (χ0) is 24.0. The quantitative estimate of drug-likeness (QED) is 0.241. The van der Waals surface area contributed by atoms with Crippen LogP contribution in [0.15, 0.2) is 18.2 Å². The lowest BCUT2D eigenvalue weighted by Crippen LogP contribution is -2.81. The third-order valence-electron chi connectivity index (χ3n) is 7.02. The molecular weight excluding hydrogens is 432 g/mol. The summed E-state index contributed by atoms with van der Waals surface area (Å²) in [5.74, 6) is -2.23. The zero-order valence-corrected chi connectivity index (χ0v) is 19.4. The molecule has 11 heteroatoms. The highest BCUT2D eigenvalue weighted by atomic mass is 16.8. The van der Waals surface area contributed by atoms with E-state index in [1.165, 1.54) is 0 Å². The number of likely N-dealkylation sites (N-methyl/N-ethyl adjacent to an activating group) is 2. The van der Waals surface area contributed by atoms with Gasteiger partial charge in [0.05, 0.1) is 30.0 Å². The first-order valence-electron chi connectivity index (χ1n) is 11.4. The van der Waals surface area contributed by atoms with Crippen LogP contribution in [0.2, 0.25) is 0 Å². The lowest BCUT2D eigenvalue weighted by atomic mass is 9.77. The normalized spacial score (nSPS) is 45.3. The maximum absolute atomic E-state index is 11.6. The van der Waals surface area contributed by atoms with Gasteiger partial charge < -0.3 is 50.6 Å². The van der Waals surface area contributed by atoms with Crippen LogP contribution in [0.25, 0.3) is 0 Å². The van der Waals surface area contributed by atoms with Gasteiger partial charge >= 0.3 is 0 Å². The van der Waals surface area contributed by atoms with E-state index in [0.29, 0.717) is 6.54 Å². The summed E-state index contributed by atoms with van der Waals surface area (Å²) in [4.78, 5) is 4.44. The monoisotopic (exact) mass is 468 g/mol. The van der Waals surface area contributed by atoms with E-state index in [1.54, 1.807) is 21.0 Å². The van der Waals surface area contributed by atoms with Crippen LogP contribution < -0.4 is 16.0 Å². The minimum atomic E-state index is -2.23. The van der Waals surface area contributed by atoms with Crippen LogP contribution in [-0.4, -0.2) is 106 Å². The molecule has 3 fully saturated rings. The van der Waals surface area contributed by atoms with Crippen molar-refractivity contribution in [3.05, 3.63) is 29.6 Å². The van der Waals surface area contributed by atoms with Gasteiger partial charge in [-0.2, -0.15) is 0 Å². The van der Waals surface area contributed by atoms with Crippen molar-refractivity contribution in [3.63, 3.8) is 0 Å². The van der Waals surface area contributed by atoms with Crippen LogP contribution in [0.3, 0.4) is 0 Å². The van der Waals surface area contributed by atoms with Gasteiger partial charge in [0.2, 0.25) is 12.1 Å². The number of nitrogens with one attached hydrogen (secondary N) is 3. The second-order valence-corrected chi connectivity index (χ2v) is 9.38. The van der Waals surface area contributed by atoms with Crippen molar-refractivity contribution in [2.75, 3.05) is 20.6 Å². The molecule has 0 spiro atoms. The van der Waals surface area contributed by atoms with Crippen molar-refractivity contribution in [1.29, 1.82) is 0 Å². The Labute approximate surface area is 193 Å². The minimum absolute atomic E-state index is 0.0153. The standard InChI is InChI=1S/C22H36N4O7/c1-11-6-5-7-13(26-11)9-25-10-21(29)8-12(2)31-20-22(21,30)33-18-15(24-4)16(27)14(23-3)17(28)19(18)32-20/h5-7,12,14-20,23-25,27-30H,8-10H2,1-4H3/t12-,14-,15+,16+,17+,18-,19?,20+,21-,22-/m1/s1. The van der Waals surface area contributed by atoms with E-state index in [0.717, 1.165) is 11.4 Å². The van der Waals surface area contributed by atoms with Gasteiger partial charge in [-0.1, -0.05) is 6.07 Å². The Kier molecular flexibility index (Phi) is 7.10. The molecule has 1 aliphatic carbocycles. The molecule has 1 saturated carbocycles. The Balaban J connectivity index is 1.57. The lowest BCUT2D eigenvalue weighted by Gasteiger charge is -2.60. The number of nitrogens with zero attached hydrogens (tertiary/aromatic N) is 1. The van der Waals surface area contributed by atoms with E-state index < -0.39 is 60.3 Å². The summed E-state index contributed by atoms with van der Waals surface area (Å²) in [7, 11) is 3.29. The largest absolute Gasteiger partial charge is 0.390 e. The first-order chi connectivity index (χ1) is 15.6. The van der Waals surface area contributed by atoms with E-state index in [1.807, 2.05) is 25.1 Å². The molecule has 1 aromatic heterocycles. The Morgan fingerprint density at radius 3 is 2.45 bits per heavy atom. The first-order valence-corrected chi connectivity index (χ1v) is 11.4. The molecular formula is C22H36N4O7. The van der Waals surface area contributed by atoms with Crippen molar-refractivity contribution in [2.45, 2.75) is 87.1 Å². The van der Waals surface area contributed by atoms with Crippen LogP contribution in [0.1, 0.15) is 24.7 Å². The summed E-state index contributed by atoms with van der Waals surface area (Å²) in [6.07, 6.45) is -5.66. The fourth-order valence-electron chi connectivity index (χ4n) is 5.32. The number of rotatable bonds is 6. The van der Waals surface area contributed by atoms with Crippen molar-refractivity contribution >= 4 is 0 Å². The third kappa shape index (κ3) is 4.31. The van der Waals surface area contributed by atoms with Gasteiger partial charge in [-0.05, 0) is 40.1 Å². The maximum atomic E-state index is 11.6. The van der Waals surface area contributed by atoms with Crippen LogP contribution in [0.4, 0.5) is 0 Å². The molecule has 7 N–H and O–H groups in total. The summed E-state index contributed by atoms with van der Waals surface area (Å²) in [6, 6.07) is 4.33.